The molecule has 2 aromatic rings. The van der Waals surface area contributed by atoms with Crippen LogP contribution in [0.5, 0.6) is 0 Å². The second-order valence-electron chi connectivity index (χ2n) is 8.08. The first kappa shape index (κ1) is 26.8. The molecule has 1 aliphatic rings. The monoisotopic (exact) mass is 571 g/mol. The number of aromatic nitrogens is 1. The number of morpholine rings is 1. The van der Waals surface area contributed by atoms with Gasteiger partial charge in [0.1, 0.15) is 5.15 Å². The molecule has 0 bridgehead atoms. The van der Waals surface area contributed by atoms with Crippen LogP contribution in [0.3, 0.4) is 0 Å². The van der Waals surface area contributed by atoms with Crippen LogP contribution in [0.1, 0.15) is 37.5 Å². The topological polar surface area (TPSA) is 61.8 Å². The van der Waals surface area contributed by atoms with E-state index in [4.69, 9.17) is 21.3 Å². The average Bonchev–Trinajstić information content (AvgIpc) is 2.73. The Morgan fingerprint density at radius 1 is 1.12 bits per heavy atom. The van der Waals surface area contributed by atoms with Crippen molar-refractivity contribution in [1.29, 1.82) is 0 Å². The second kappa shape index (κ2) is 14.0. The van der Waals surface area contributed by atoms with Crippen molar-refractivity contribution in [1.82, 2.24) is 20.5 Å². The molecule has 1 aliphatic heterocycles. The van der Waals surface area contributed by atoms with Gasteiger partial charge >= 0.3 is 0 Å². The maximum atomic E-state index is 5.87. The van der Waals surface area contributed by atoms with Crippen molar-refractivity contribution in [3.63, 3.8) is 0 Å². The lowest BCUT2D eigenvalue weighted by atomic mass is 10.1. The SMILES string of the molecule is CCNC(=NCc1ccccc1CN1CC(C)OC(C)C1)NCCc1ccc(Cl)nc1.I. The highest BCUT2D eigenvalue weighted by Crippen LogP contribution is 2.17. The van der Waals surface area contributed by atoms with Crippen LogP contribution in [0.4, 0.5) is 0 Å². The zero-order valence-corrected chi connectivity index (χ0v) is 22.3. The predicted octanol–water partition coefficient (Wildman–Crippen LogP) is 4.26. The number of benzene rings is 1. The third-order valence-corrected chi connectivity index (χ3v) is 5.48. The molecule has 1 aromatic carbocycles. The van der Waals surface area contributed by atoms with Gasteiger partial charge < -0.3 is 15.4 Å². The summed E-state index contributed by atoms with van der Waals surface area (Å²) in [5.41, 5.74) is 3.73. The van der Waals surface area contributed by atoms with Crippen LogP contribution < -0.4 is 10.6 Å². The molecule has 0 saturated carbocycles. The van der Waals surface area contributed by atoms with E-state index in [0.29, 0.717) is 11.7 Å². The number of nitrogens with one attached hydrogen (secondary N) is 2. The molecule has 2 atom stereocenters. The van der Waals surface area contributed by atoms with Crippen LogP contribution in [0, 0.1) is 0 Å². The van der Waals surface area contributed by atoms with E-state index in [1.807, 2.05) is 18.3 Å². The van der Waals surface area contributed by atoms with E-state index >= 15 is 0 Å². The highest BCUT2D eigenvalue weighted by atomic mass is 127. The van der Waals surface area contributed by atoms with Gasteiger partial charge in [-0.05, 0) is 49.9 Å². The number of guanidine groups is 1. The molecule has 176 valence electrons. The van der Waals surface area contributed by atoms with E-state index in [1.54, 1.807) is 0 Å². The molecule has 2 N–H and O–H groups in total. The normalized spacial score (nSPS) is 19.3. The molecule has 0 spiro atoms. The summed E-state index contributed by atoms with van der Waals surface area (Å²) in [7, 11) is 0. The minimum atomic E-state index is 0. The largest absolute Gasteiger partial charge is 0.373 e. The first-order valence-corrected chi connectivity index (χ1v) is 11.5. The summed E-state index contributed by atoms with van der Waals surface area (Å²) >= 11 is 5.86. The van der Waals surface area contributed by atoms with Gasteiger partial charge in [0, 0.05) is 38.9 Å². The van der Waals surface area contributed by atoms with Gasteiger partial charge in [-0.2, -0.15) is 0 Å². The van der Waals surface area contributed by atoms with Crippen molar-refractivity contribution >= 4 is 41.5 Å². The van der Waals surface area contributed by atoms with E-state index in [2.05, 4.69) is 65.6 Å². The van der Waals surface area contributed by atoms with Crippen LogP contribution in [0.15, 0.2) is 47.6 Å². The number of hydrogen-bond donors (Lipinski definition) is 2. The van der Waals surface area contributed by atoms with Crippen molar-refractivity contribution in [3.05, 3.63) is 64.4 Å². The van der Waals surface area contributed by atoms with E-state index in [9.17, 15) is 0 Å². The Balaban J connectivity index is 0.00000363. The summed E-state index contributed by atoms with van der Waals surface area (Å²) in [4.78, 5) is 11.4. The van der Waals surface area contributed by atoms with Gasteiger partial charge in [0.05, 0.1) is 18.8 Å². The Morgan fingerprint density at radius 2 is 1.84 bits per heavy atom. The first-order valence-electron chi connectivity index (χ1n) is 11.1. The van der Waals surface area contributed by atoms with Crippen LogP contribution in [0.25, 0.3) is 0 Å². The fourth-order valence-corrected chi connectivity index (χ4v) is 4.02. The molecule has 0 radical (unpaired) electrons. The molecule has 2 unspecified atom stereocenters. The van der Waals surface area contributed by atoms with Crippen molar-refractivity contribution in [2.75, 3.05) is 26.2 Å². The first-order chi connectivity index (χ1) is 15.0. The quantitative estimate of drug-likeness (QED) is 0.215. The molecule has 6 nitrogen and oxygen atoms in total. The Labute approximate surface area is 214 Å². The van der Waals surface area contributed by atoms with Gasteiger partial charge in [-0.1, -0.05) is 41.9 Å². The fraction of sp³-hybridized carbons (Fsp3) is 0.500. The number of ether oxygens (including phenoxy) is 1. The third-order valence-electron chi connectivity index (χ3n) is 5.25. The van der Waals surface area contributed by atoms with Crippen molar-refractivity contribution < 1.29 is 4.74 Å². The second-order valence-corrected chi connectivity index (χ2v) is 8.47. The molecule has 8 heteroatoms. The number of rotatable bonds is 8. The zero-order valence-electron chi connectivity index (χ0n) is 19.2. The van der Waals surface area contributed by atoms with Crippen LogP contribution in [-0.2, 0) is 24.2 Å². The Hall–Kier alpha value is -1.42. The highest BCUT2D eigenvalue weighted by Gasteiger charge is 2.22. The number of pyridine rings is 1. The van der Waals surface area contributed by atoms with Gasteiger partial charge in [-0.3, -0.25) is 4.90 Å². The highest BCUT2D eigenvalue weighted by molar-refractivity contribution is 14.0. The smallest absolute Gasteiger partial charge is 0.191 e. The molecule has 0 amide bonds. The van der Waals surface area contributed by atoms with Crippen molar-refractivity contribution in [2.24, 2.45) is 4.99 Å². The van der Waals surface area contributed by atoms with Gasteiger partial charge in [-0.25, -0.2) is 9.98 Å². The maximum absolute atomic E-state index is 5.87. The molecular formula is C24H35ClIN5O. The van der Waals surface area contributed by atoms with E-state index < -0.39 is 0 Å². The lowest BCUT2D eigenvalue weighted by Crippen LogP contribution is -2.44. The molecule has 0 aliphatic carbocycles. The van der Waals surface area contributed by atoms with Gasteiger partial charge in [0.15, 0.2) is 5.96 Å². The number of halogens is 2. The van der Waals surface area contributed by atoms with Crippen LogP contribution in [0.2, 0.25) is 5.15 Å². The standard InChI is InChI=1S/C24H34ClN5O.HI/c1-4-26-24(27-12-11-20-9-10-23(25)28-13-20)29-14-21-7-5-6-8-22(21)17-30-15-18(2)31-19(3)16-30;/h5-10,13,18-19H,4,11-12,14-17H2,1-3H3,(H2,26,27,29);1H. The third kappa shape index (κ3) is 8.84. The van der Waals surface area contributed by atoms with Gasteiger partial charge in [0.2, 0.25) is 0 Å². The molecule has 1 fully saturated rings. The Kier molecular flexibility index (Phi) is 11.7. The minimum absolute atomic E-state index is 0. The number of nitrogens with zero attached hydrogens (tertiary/aromatic N) is 3. The summed E-state index contributed by atoms with van der Waals surface area (Å²) in [5.74, 6) is 0.827. The maximum Gasteiger partial charge on any atom is 0.191 e. The number of aliphatic imine (C=N–C) groups is 1. The molecule has 1 aromatic heterocycles. The number of hydrogen-bond acceptors (Lipinski definition) is 4. The van der Waals surface area contributed by atoms with E-state index in [-0.39, 0.29) is 36.2 Å². The summed E-state index contributed by atoms with van der Waals surface area (Å²) in [6, 6.07) is 12.4. The lowest BCUT2D eigenvalue weighted by Gasteiger charge is -2.35. The van der Waals surface area contributed by atoms with Gasteiger partial charge in [-0.15, -0.1) is 24.0 Å². The van der Waals surface area contributed by atoms with Crippen molar-refractivity contribution in [2.45, 2.75) is 52.5 Å². The Bertz CT molecular complexity index is 839. The van der Waals surface area contributed by atoms with E-state index in [1.165, 1.54) is 11.1 Å². The van der Waals surface area contributed by atoms with Crippen LogP contribution >= 0.6 is 35.6 Å². The summed E-state index contributed by atoms with van der Waals surface area (Å²) in [6.45, 7) is 11.5. The summed E-state index contributed by atoms with van der Waals surface area (Å²) < 4.78 is 5.87. The zero-order chi connectivity index (χ0) is 22.1. The Morgan fingerprint density at radius 3 is 2.50 bits per heavy atom. The summed E-state index contributed by atoms with van der Waals surface area (Å²) in [5, 5.41) is 7.27. The molecule has 2 heterocycles. The van der Waals surface area contributed by atoms with Gasteiger partial charge in [0.25, 0.3) is 0 Å². The van der Waals surface area contributed by atoms with Crippen molar-refractivity contribution in [3.8, 4) is 0 Å². The average molecular weight is 572 g/mol. The fourth-order valence-electron chi connectivity index (χ4n) is 3.91. The minimum Gasteiger partial charge on any atom is -0.373 e. The predicted molar refractivity (Wildman–Crippen MR) is 143 cm³/mol. The summed E-state index contributed by atoms with van der Waals surface area (Å²) in [6.07, 6.45) is 3.22. The molecular weight excluding hydrogens is 537 g/mol. The molecule has 1 saturated heterocycles. The van der Waals surface area contributed by atoms with Crippen LogP contribution in [-0.4, -0.2) is 54.2 Å². The van der Waals surface area contributed by atoms with E-state index in [0.717, 1.165) is 50.7 Å². The lowest BCUT2D eigenvalue weighted by molar-refractivity contribution is -0.0705. The molecule has 32 heavy (non-hydrogen) atoms. The molecule has 3 rings (SSSR count).